The summed E-state index contributed by atoms with van der Waals surface area (Å²) in [6.07, 6.45) is 2.19. The fourth-order valence-corrected chi connectivity index (χ4v) is 3.50. The third kappa shape index (κ3) is 4.53. The van der Waals surface area contributed by atoms with Crippen LogP contribution < -0.4 is 10.0 Å². The Morgan fingerprint density at radius 3 is 2.38 bits per heavy atom. The summed E-state index contributed by atoms with van der Waals surface area (Å²) in [7, 11) is -3.38. The first-order chi connectivity index (χ1) is 9.85. The minimum Gasteiger partial charge on any atom is -0.313 e. The highest BCUT2D eigenvalue weighted by Gasteiger charge is 2.45. The first kappa shape index (κ1) is 16.5. The average molecular weight is 310 g/mol. The molecule has 2 N–H and O–H groups in total. The van der Waals surface area contributed by atoms with E-state index in [0.717, 1.165) is 31.5 Å². The second kappa shape index (κ2) is 6.46. The molecule has 0 amide bonds. The lowest BCUT2D eigenvalue weighted by molar-refractivity contribution is 0.537. The van der Waals surface area contributed by atoms with Crippen LogP contribution in [0, 0.1) is 11.3 Å². The molecule has 1 fully saturated rings. The molecule has 0 bridgehead atoms. The van der Waals surface area contributed by atoms with Gasteiger partial charge in [-0.1, -0.05) is 32.9 Å². The van der Waals surface area contributed by atoms with Gasteiger partial charge in [0.15, 0.2) is 0 Å². The molecule has 1 unspecified atom stereocenters. The van der Waals surface area contributed by atoms with Gasteiger partial charge >= 0.3 is 0 Å². The molecule has 4 nitrogen and oxygen atoms in total. The van der Waals surface area contributed by atoms with Crippen molar-refractivity contribution in [2.24, 2.45) is 11.3 Å². The van der Waals surface area contributed by atoms with Crippen LogP contribution in [-0.2, 0) is 16.6 Å². The average Bonchev–Trinajstić information content (AvgIpc) is 3.05. The summed E-state index contributed by atoms with van der Waals surface area (Å²) in [5.74, 6) is 0.463. The Morgan fingerprint density at radius 1 is 1.24 bits per heavy atom. The summed E-state index contributed by atoms with van der Waals surface area (Å²) in [5, 5.41) is 3.30. The molecule has 1 saturated carbocycles. The van der Waals surface area contributed by atoms with Gasteiger partial charge in [-0.25, -0.2) is 13.1 Å². The molecule has 1 aliphatic rings. The normalized spacial score (nSPS) is 20.4. The summed E-state index contributed by atoms with van der Waals surface area (Å²) >= 11 is 0. The molecule has 0 aromatic heterocycles. The fraction of sp³-hybridized carbons (Fsp3) is 0.625. The third-order valence-corrected chi connectivity index (χ3v) is 5.67. The summed E-state index contributed by atoms with van der Waals surface area (Å²) in [4.78, 5) is 0.347. The predicted octanol–water partition coefficient (Wildman–Crippen LogP) is 2.51. The lowest BCUT2D eigenvalue weighted by atomic mass is 10.1. The summed E-state index contributed by atoms with van der Waals surface area (Å²) in [5.41, 5.74) is 1.39. The minimum atomic E-state index is -3.38. The van der Waals surface area contributed by atoms with E-state index in [4.69, 9.17) is 0 Å². The standard InChI is InChI=1S/C16H26N2O2S/c1-4-9-17-11-13-5-7-15(8-6-13)21(19,20)18-12-14-10-16(14,2)3/h5-8,14,17-18H,4,9-12H2,1-3H3. The molecule has 1 atom stereocenters. The van der Waals surface area contributed by atoms with Gasteiger partial charge < -0.3 is 5.32 Å². The van der Waals surface area contributed by atoms with E-state index < -0.39 is 10.0 Å². The van der Waals surface area contributed by atoms with Gasteiger partial charge in [-0.3, -0.25) is 0 Å². The highest BCUT2D eigenvalue weighted by molar-refractivity contribution is 7.89. The Morgan fingerprint density at radius 2 is 1.86 bits per heavy atom. The van der Waals surface area contributed by atoms with E-state index in [-0.39, 0.29) is 5.41 Å². The van der Waals surface area contributed by atoms with E-state index in [9.17, 15) is 8.42 Å². The van der Waals surface area contributed by atoms with Gasteiger partial charge in [0.05, 0.1) is 4.90 Å². The molecular formula is C16H26N2O2S. The van der Waals surface area contributed by atoms with Crippen molar-refractivity contribution >= 4 is 10.0 Å². The van der Waals surface area contributed by atoms with Gasteiger partial charge in [0, 0.05) is 13.1 Å². The van der Waals surface area contributed by atoms with Crippen molar-refractivity contribution in [1.29, 1.82) is 0 Å². The molecule has 0 radical (unpaired) electrons. The Bertz CT molecular complexity index is 564. The topological polar surface area (TPSA) is 58.2 Å². The number of rotatable bonds is 8. The van der Waals surface area contributed by atoms with Crippen molar-refractivity contribution in [2.75, 3.05) is 13.1 Å². The van der Waals surface area contributed by atoms with Crippen LogP contribution in [0.3, 0.4) is 0 Å². The molecule has 0 spiro atoms. The van der Waals surface area contributed by atoms with E-state index in [1.54, 1.807) is 12.1 Å². The van der Waals surface area contributed by atoms with Gasteiger partial charge in [-0.2, -0.15) is 0 Å². The van der Waals surface area contributed by atoms with E-state index in [0.29, 0.717) is 17.4 Å². The van der Waals surface area contributed by atoms with Crippen LogP contribution in [0.2, 0.25) is 0 Å². The fourth-order valence-electron chi connectivity index (χ4n) is 2.41. The van der Waals surface area contributed by atoms with Crippen LogP contribution in [0.5, 0.6) is 0 Å². The zero-order valence-corrected chi connectivity index (χ0v) is 14.0. The highest BCUT2D eigenvalue weighted by Crippen LogP contribution is 2.51. The molecule has 0 heterocycles. The smallest absolute Gasteiger partial charge is 0.240 e. The number of hydrogen-bond donors (Lipinski definition) is 2. The second-order valence-corrected chi connectivity index (χ2v) is 8.33. The van der Waals surface area contributed by atoms with Crippen LogP contribution in [0.1, 0.15) is 39.2 Å². The van der Waals surface area contributed by atoms with Crippen LogP contribution in [0.4, 0.5) is 0 Å². The molecule has 1 aromatic rings. The molecule has 118 valence electrons. The number of nitrogens with one attached hydrogen (secondary N) is 2. The maximum absolute atomic E-state index is 12.2. The zero-order valence-electron chi connectivity index (χ0n) is 13.1. The SMILES string of the molecule is CCCNCc1ccc(S(=O)(=O)NCC2CC2(C)C)cc1. The molecule has 1 aliphatic carbocycles. The van der Waals surface area contributed by atoms with Crippen molar-refractivity contribution in [3.63, 3.8) is 0 Å². The van der Waals surface area contributed by atoms with Gasteiger partial charge in [0.2, 0.25) is 10.0 Å². The molecule has 0 saturated heterocycles. The number of hydrogen-bond acceptors (Lipinski definition) is 3. The molecule has 2 rings (SSSR count). The van der Waals surface area contributed by atoms with E-state index in [1.165, 1.54) is 0 Å². The van der Waals surface area contributed by atoms with Gasteiger partial charge in [-0.05, 0) is 48.4 Å². The Kier molecular flexibility index (Phi) is 5.07. The van der Waals surface area contributed by atoms with Crippen molar-refractivity contribution in [1.82, 2.24) is 10.0 Å². The summed E-state index contributed by atoms with van der Waals surface area (Å²) in [6.45, 7) is 8.75. The lowest BCUT2D eigenvalue weighted by Crippen LogP contribution is -2.26. The van der Waals surface area contributed by atoms with Crippen LogP contribution in [-0.4, -0.2) is 21.5 Å². The predicted molar refractivity (Wildman–Crippen MR) is 85.5 cm³/mol. The van der Waals surface area contributed by atoms with Crippen molar-refractivity contribution < 1.29 is 8.42 Å². The molecule has 0 aliphatic heterocycles. The minimum absolute atomic E-state index is 0.289. The summed E-state index contributed by atoms with van der Waals surface area (Å²) in [6, 6.07) is 7.11. The largest absolute Gasteiger partial charge is 0.313 e. The highest BCUT2D eigenvalue weighted by atomic mass is 32.2. The summed E-state index contributed by atoms with van der Waals surface area (Å²) < 4.78 is 27.2. The Balaban J connectivity index is 1.90. The first-order valence-corrected chi connectivity index (χ1v) is 9.13. The van der Waals surface area contributed by atoms with Crippen LogP contribution >= 0.6 is 0 Å². The number of benzene rings is 1. The number of sulfonamides is 1. The maximum atomic E-state index is 12.2. The third-order valence-electron chi connectivity index (χ3n) is 4.23. The Hall–Kier alpha value is -0.910. The molecule has 21 heavy (non-hydrogen) atoms. The quantitative estimate of drug-likeness (QED) is 0.725. The lowest BCUT2D eigenvalue weighted by Gasteiger charge is -2.09. The van der Waals surface area contributed by atoms with Crippen molar-refractivity contribution in [3.05, 3.63) is 29.8 Å². The first-order valence-electron chi connectivity index (χ1n) is 7.64. The van der Waals surface area contributed by atoms with Crippen LogP contribution in [0.25, 0.3) is 0 Å². The van der Waals surface area contributed by atoms with Gasteiger partial charge in [0.25, 0.3) is 0 Å². The monoisotopic (exact) mass is 310 g/mol. The van der Waals surface area contributed by atoms with Crippen molar-refractivity contribution in [3.8, 4) is 0 Å². The molecule has 5 heteroatoms. The van der Waals surface area contributed by atoms with Crippen molar-refractivity contribution in [2.45, 2.75) is 45.1 Å². The van der Waals surface area contributed by atoms with E-state index in [2.05, 4.69) is 30.8 Å². The van der Waals surface area contributed by atoms with Gasteiger partial charge in [-0.15, -0.1) is 0 Å². The maximum Gasteiger partial charge on any atom is 0.240 e. The van der Waals surface area contributed by atoms with Crippen LogP contribution in [0.15, 0.2) is 29.2 Å². The molecule has 1 aromatic carbocycles. The molecular weight excluding hydrogens is 284 g/mol. The zero-order chi connectivity index (χ0) is 15.5. The van der Waals surface area contributed by atoms with E-state index in [1.807, 2.05) is 12.1 Å². The van der Waals surface area contributed by atoms with E-state index >= 15 is 0 Å². The second-order valence-electron chi connectivity index (χ2n) is 6.56. The van der Waals surface area contributed by atoms with Gasteiger partial charge in [0.1, 0.15) is 0 Å². The Labute approximate surface area is 128 Å².